The van der Waals surface area contributed by atoms with Crippen molar-refractivity contribution >= 4 is 5.91 Å². The smallest absolute Gasteiger partial charge is 0.224 e. The zero-order valence-corrected chi connectivity index (χ0v) is 9.34. The number of amides is 1. The van der Waals surface area contributed by atoms with Crippen molar-refractivity contribution in [1.29, 1.82) is 0 Å². The van der Waals surface area contributed by atoms with Gasteiger partial charge in [-0.3, -0.25) is 9.69 Å². The van der Waals surface area contributed by atoms with Crippen LogP contribution < -0.4 is 5.32 Å². The van der Waals surface area contributed by atoms with Crippen molar-refractivity contribution in [3.05, 3.63) is 0 Å². The third kappa shape index (κ3) is 1.78. The zero-order chi connectivity index (χ0) is 10.3. The maximum absolute atomic E-state index is 11.6. The topological polar surface area (TPSA) is 32.3 Å². The highest BCUT2D eigenvalue weighted by Gasteiger charge is 2.39. The lowest BCUT2D eigenvalue weighted by Gasteiger charge is -2.32. The van der Waals surface area contributed by atoms with Crippen molar-refractivity contribution < 1.29 is 4.79 Å². The second-order valence-electron chi connectivity index (χ2n) is 5.26. The molecule has 14 heavy (non-hydrogen) atoms. The van der Waals surface area contributed by atoms with Gasteiger partial charge in [0.1, 0.15) is 0 Å². The molecule has 0 spiro atoms. The summed E-state index contributed by atoms with van der Waals surface area (Å²) in [5, 5.41) is 3.13. The van der Waals surface area contributed by atoms with Crippen LogP contribution in [0.3, 0.4) is 0 Å². The summed E-state index contributed by atoms with van der Waals surface area (Å²) in [5.74, 6) is 0.590. The van der Waals surface area contributed by atoms with E-state index in [2.05, 4.69) is 31.1 Å². The molecule has 3 nitrogen and oxygen atoms in total. The van der Waals surface area contributed by atoms with Gasteiger partial charge in [0.2, 0.25) is 5.91 Å². The molecule has 1 aliphatic heterocycles. The molecule has 2 fully saturated rings. The molecule has 1 amide bonds. The average molecular weight is 196 g/mol. The Morgan fingerprint density at radius 2 is 2.00 bits per heavy atom. The molecular formula is C11H20N2O. The highest BCUT2D eigenvalue weighted by molar-refractivity contribution is 5.81. The fourth-order valence-corrected chi connectivity index (χ4v) is 2.08. The van der Waals surface area contributed by atoms with Crippen LogP contribution in [0.5, 0.6) is 0 Å². The van der Waals surface area contributed by atoms with E-state index in [1.807, 2.05) is 0 Å². The van der Waals surface area contributed by atoms with Crippen molar-refractivity contribution in [2.24, 2.45) is 5.92 Å². The van der Waals surface area contributed by atoms with Gasteiger partial charge in [0, 0.05) is 11.5 Å². The molecule has 0 bridgehead atoms. The summed E-state index contributed by atoms with van der Waals surface area (Å²) in [5.41, 5.74) is 0.238. The fourth-order valence-electron chi connectivity index (χ4n) is 2.08. The first-order chi connectivity index (χ1) is 6.50. The fraction of sp³-hybridized carbons (Fsp3) is 0.909. The lowest BCUT2D eigenvalue weighted by molar-refractivity contribution is -0.124. The maximum atomic E-state index is 11.6. The van der Waals surface area contributed by atoms with Gasteiger partial charge in [-0.15, -0.1) is 0 Å². The Bertz CT molecular complexity index is 246. The number of rotatable bonds is 2. The SMILES string of the molecule is CN1C(NC(=O)C2CC2)CCC1(C)C. The van der Waals surface area contributed by atoms with Crippen LogP contribution in [-0.4, -0.2) is 29.6 Å². The molecule has 3 heteroatoms. The quantitative estimate of drug-likeness (QED) is 0.723. The van der Waals surface area contributed by atoms with E-state index in [9.17, 15) is 4.79 Å². The van der Waals surface area contributed by atoms with E-state index in [1.54, 1.807) is 0 Å². The summed E-state index contributed by atoms with van der Waals surface area (Å²) in [7, 11) is 2.10. The van der Waals surface area contributed by atoms with Gasteiger partial charge in [0.25, 0.3) is 0 Å². The molecule has 1 heterocycles. The maximum Gasteiger partial charge on any atom is 0.224 e. The monoisotopic (exact) mass is 196 g/mol. The molecule has 80 valence electrons. The summed E-state index contributed by atoms with van der Waals surface area (Å²) in [6.45, 7) is 4.46. The van der Waals surface area contributed by atoms with E-state index >= 15 is 0 Å². The first kappa shape index (κ1) is 9.97. The number of likely N-dealkylation sites (tertiary alicyclic amines) is 1. The van der Waals surface area contributed by atoms with Crippen LogP contribution in [0.2, 0.25) is 0 Å². The van der Waals surface area contributed by atoms with Crippen molar-refractivity contribution in [1.82, 2.24) is 10.2 Å². The van der Waals surface area contributed by atoms with Gasteiger partial charge in [-0.05, 0) is 46.6 Å². The van der Waals surface area contributed by atoms with E-state index in [0.29, 0.717) is 5.92 Å². The Morgan fingerprint density at radius 3 is 2.43 bits per heavy atom. The summed E-state index contributed by atoms with van der Waals surface area (Å²) in [6, 6.07) is 0. The van der Waals surface area contributed by atoms with Crippen LogP contribution in [0.1, 0.15) is 39.5 Å². The van der Waals surface area contributed by atoms with E-state index in [1.165, 1.54) is 6.42 Å². The van der Waals surface area contributed by atoms with E-state index in [4.69, 9.17) is 0 Å². The summed E-state index contributed by atoms with van der Waals surface area (Å²) < 4.78 is 0. The molecular weight excluding hydrogens is 176 g/mol. The highest BCUT2D eigenvalue weighted by Crippen LogP contribution is 2.33. The molecule has 0 aromatic heterocycles. The standard InChI is InChI=1S/C11H20N2O/c1-11(2)7-6-9(13(11)3)12-10(14)8-4-5-8/h8-9H,4-7H2,1-3H3,(H,12,14). The molecule has 1 aliphatic carbocycles. The Kier molecular flexibility index (Phi) is 2.30. The molecule has 0 aromatic rings. The molecule has 2 aliphatic rings. The normalized spacial score (nSPS) is 31.8. The average Bonchev–Trinajstić information content (AvgIpc) is 2.90. The lowest BCUT2D eigenvalue weighted by Crippen LogP contribution is -2.48. The largest absolute Gasteiger partial charge is 0.340 e. The number of nitrogens with zero attached hydrogens (tertiary/aromatic N) is 1. The van der Waals surface area contributed by atoms with Crippen LogP contribution in [0.15, 0.2) is 0 Å². The number of hydrogen-bond acceptors (Lipinski definition) is 2. The number of carbonyl (C=O) groups is 1. The van der Waals surface area contributed by atoms with Gasteiger partial charge in [-0.1, -0.05) is 0 Å². The van der Waals surface area contributed by atoms with Gasteiger partial charge in [-0.2, -0.15) is 0 Å². The Balaban J connectivity index is 1.90. The second kappa shape index (κ2) is 3.23. The lowest BCUT2D eigenvalue weighted by atomic mass is 10.0. The molecule has 1 N–H and O–H groups in total. The van der Waals surface area contributed by atoms with Crippen molar-refractivity contribution in [3.8, 4) is 0 Å². The van der Waals surface area contributed by atoms with E-state index in [-0.39, 0.29) is 17.6 Å². The van der Waals surface area contributed by atoms with E-state index < -0.39 is 0 Å². The van der Waals surface area contributed by atoms with Crippen LogP contribution in [0.25, 0.3) is 0 Å². The van der Waals surface area contributed by atoms with Gasteiger partial charge < -0.3 is 5.32 Å². The summed E-state index contributed by atoms with van der Waals surface area (Å²) in [4.78, 5) is 13.9. The summed E-state index contributed by atoms with van der Waals surface area (Å²) >= 11 is 0. The van der Waals surface area contributed by atoms with Gasteiger partial charge in [0.15, 0.2) is 0 Å². The van der Waals surface area contributed by atoms with E-state index in [0.717, 1.165) is 19.3 Å². The van der Waals surface area contributed by atoms with Crippen LogP contribution >= 0.6 is 0 Å². The predicted molar refractivity (Wildman–Crippen MR) is 55.7 cm³/mol. The van der Waals surface area contributed by atoms with Gasteiger partial charge >= 0.3 is 0 Å². The molecule has 2 rings (SSSR count). The van der Waals surface area contributed by atoms with Gasteiger partial charge in [0.05, 0.1) is 6.17 Å². The van der Waals surface area contributed by atoms with Crippen LogP contribution in [0.4, 0.5) is 0 Å². The Labute approximate surface area is 85.8 Å². The molecule has 1 unspecified atom stereocenters. The number of carbonyl (C=O) groups excluding carboxylic acids is 1. The molecule has 0 aromatic carbocycles. The minimum Gasteiger partial charge on any atom is -0.340 e. The first-order valence-electron chi connectivity index (χ1n) is 5.54. The summed E-state index contributed by atoms with van der Waals surface area (Å²) in [6.07, 6.45) is 4.69. The van der Waals surface area contributed by atoms with Crippen LogP contribution in [0, 0.1) is 5.92 Å². The van der Waals surface area contributed by atoms with Crippen molar-refractivity contribution in [2.45, 2.75) is 51.2 Å². The third-order valence-electron chi connectivity index (χ3n) is 3.71. The van der Waals surface area contributed by atoms with Gasteiger partial charge in [-0.25, -0.2) is 0 Å². The highest BCUT2D eigenvalue weighted by atomic mass is 16.2. The predicted octanol–water partition coefficient (Wildman–Crippen LogP) is 1.34. The minimum atomic E-state index is 0.238. The van der Waals surface area contributed by atoms with Crippen LogP contribution in [-0.2, 0) is 4.79 Å². The molecule has 1 saturated heterocycles. The Morgan fingerprint density at radius 1 is 1.36 bits per heavy atom. The molecule has 0 radical (unpaired) electrons. The molecule has 1 atom stereocenters. The van der Waals surface area contributed by atoms with Crippen molar-refractivity contribution in [2.75, 3.05) is 7.05 Å². The van der Waals surface area contributed by atoms with Crippen molar-refractivity contribution in [3.63, 3.8) is 0 Å². The number of hydrogen-bond donors (Lipinski definition) is 1. The molecule has 1 saturated carbocycles. The second-order valence-corrected chi connectivity index (χ2v) is 5.26. The zero-order valence-electron chi connectivity index (χ0n) is 9.34. The number of nitrogens with one attached hydrogen (secondary N) is 1. The third-order valence-corrected chi connectivity index (χ3v) is 3.71. The Hall–Kier alpha value is -0.570. The first-order valence-corrected chi connectivity index (χ1v) is 5.54. The minimum absolute atomic E-state index is 0.238.